The molecule has 0 unspecified atom stereocenters. The zero-order valence-corrected chi connectivity index (χ0v) is 9.21. The van der Waals surface area contributed by atoms with Gasteiger partial charge in [0, 0.05) is 12.3 Å². The average molecular weight is 196 g/mol. The molecule has 1 aliphatic carbocycles. The summed E-state index contributed by atoms with van der Waals surface area (Å²) in [5.74, 6) is 0.657. The Bertz CT molecular complexity index is 232. The minimum absolute atomic E-state index is 0.00237. The number of rotatable bonds is 1. The summed E-state index contributed by atoms with van der Waals surface area (Å²) in [4.78, 5) is 11.7. The van der Waals surface area contributed by atoms with Crippen molar-refractivity contribution in [1.29, 1.82) is 0 Å². The molecule has 2 rings (SSSR count). The first-order valence-electron chi connectivity index (χ1n) is 5.79. The van der Waals surface area contributed by atoms with Crippen LogP contribution in [0.3, 0.4) is 0 Å². The van der Waals surface area contributed by atoms with Gasteiger partial charge in [0.2, 0.25) is 0 Å². The third-order valence-electron chi connectivity index (χ3n) is 3.55. The maximum atomic E-state index is 11.7. The van der Waals surface area contributed by atoms with Gasteiger partial charge in [-0.1, -0.05) is 6.42 Å². The van der Waals surface area contributed by atoms with E-state index in [9.17, 15) is 4.79 Å². The highest BCUT2D eigenvalue weighted by Crippen LogP contribution is 2.37. The number of carbonyl (C=O) groups is 1. The first-order chi connectivity index (χ1) is 6.58. The molecule has 80 valence electrons. The molecule has 14 heavy (non-hydrogen) atoms. The molecule has 0 aromatic carbocycles. The Balaban J connectivity index is 1.98. The summed E-state index contributed by atoms with van der Waals surface area (Å²) in [6.07, 6.45) is 6.52. The van der Waals surface area contributed by atoms with Crippen LogP contribution in [0.5, 0.6) is 0 Å². The summed E-state index contributed by atoms with van der Waals surface area (Å²) in [5.41, 5.74) is 0.00237. The van der Waals surface area contributed by atoms with E-state index >= 15 is 0 Å². The first kappa shape index (κ1) is 10.2. The predicted octanol–water partition coefficient (Wildman–Crippen LogP) is 2.70. The molecular weight excluding hydrogens is 176 g/mol. The highest BCUT2D eigenvalue weighted by Gasteiger charge is 2.39. The van der Waals surface area contributed by atoms with Gasteiger partial charge in [-0.2, -0.15) is 0 Å². The van der Waals surface area contributed by atoms with E-state index in [2.05, 4.69) is 13.8 Å². The molecule has 1 heterocycles. The SMILES string of the molecule is CC1(C)CC[C@@H]([C@@H]2CCCCC2=O)O1. The molecular formula is C12H20O2. The third-order valence-corrected chi connectivity index (χ3v) is 3.55. The summed E-state index contributed by atoms with van der Waals surface area (Å²) in [6.45, 7) is 4.25. The minimum atomic E-state index is 0.00237. The molecule has 0 N–H and O–H groups in total. The molecule has 2 nitrogen and oxygen atoms in total. The van der Waals surface area contributed by atoms with Crippen molar-refractivity contribution in [3.8, 4) is 0 Å². The topological polar surface area (TPSA) is 26.3 Å². The zero-order valence-electron chi connectivity index (χ0n) is 9.21. The van der Waals surface area contributed by atoms with Gasteiger partial charge in [-0.3, -0.25) is 4.79 Å². The van der Waals surface area contributed by atoms with Gasteiger partial charge in [0.1, 0.15) is 5.78 Å². The number of hydrogen-bond acceptors (Lipinski definition) is 2. The van der Waals surface area contributed by atoms with E-state index in [1.807, 2.05) is 0 Å². The maximum absolute atomic E-state index is 11.7. The van der Waals surface area contributed by atoms with E-state index < -0.39 is 0 Å². The number of ketones is 1. The molecule has 1 saturated carbocycles. The Kier molecular flexibility index (Phi) is 2.65. The van der Waals surface area contributed by atoms with Crippen LogP contribution in [0.1, 0.15) is 52.4 Å². The molecule has 2 heteroatoms. The fourth-order valence-electron chi connectivity index (χ4n) is 2.70. The van der Waals surface area contributed by atoms with Crippen LogP contribution in [0.15, 0.2) is 0 Å². The van der Waals surface area contributed by atoms with Crippen molar-refractivity contribution in [2.75, 3.05) is 0 Å². The molecule has 2 aliphatic rings. The summed E-state index contributed by atoms with van der Waals surface area (Å²) in [6, 6.07) is 0. The molecule has 0 aromatic rings. The van der Waals surface area contributed by atoms with Crippen molar-refractivity contribution in [2.24, 2.45) is 5.92 Å². The zero-order chi connectivity index (χ0) is 10.2. The molecule has 0 aromatic heterocycles. The largest absolute Gasteiger partial charge is 0.372 e. The number of Topliss-reactive ketones (excluding diaryl/α,β-unsaturated/α-hetero) is 1. The van der Waals surface area contributed by atoms with Crippen LogP contribution < -0.4 is 0 Å². The Labute approximate surface area is 86.0 Å². The molecule has 1 saturated heterocycles. The highest BCUT2D eigenvalue weighted by atomic mass is 16.5. The van der Waals surface area contributed by atoms with Crippen molar-refractivity contribution < 1.29 is 9.53 Å². The van der Waals surface area contributed by atoms with Gasteiger partial charge in [0.15, 0.2) is 0 Å². The van der Waals surface area contributed by atoms with Gasteiger partial charge < -0.3 is 4.74 Å². The van der Waals surface area contributed by atoms with Gasteiger partial charge in [0.05, 0.1) is 11.7 Å². The lowest BCUT2D eigenvalue weighted by molar-refractivity contribution is -0.132. The van der Waals surface area contributed by atoms with Crippen LogP contribution in [-0.4, -0.2) is 17.5 Å². The van der Waals surface area contributed by atoms with Crippen molar-refractivity contribution in [3.63, 3.8) is 0 Å². The van der Waals surface area contributed by atoms with Gasteiger partial charge in [-0.25, -0.2) is 0 Å². The molecule has 1 aliphatic heterocycles. The Hall–Kier alpha value is -0.370. The number of ether oxygens (including phenoxy) is 1. The smallest absolute Gasteiger partial charge is 0.138 e. The van der Waals surface area contributed by atoms with E-state index in [0.717, 1.165) is 32.1 Å². The summed E-state index contributed by atoms with van der Waals surface area (Å²) < 4.78 is 5.94. The second kappa shape index (κ2) is 3.65. The van der Waals surface area contributed by atoms with Crippen LogP contribution in [0.25, 0.3) is 0 Å². The molecule has 0 amide bonds. The van der Waals surface area contributed by atoms with E-state index in [0.29, 0.717) is 5.78 Å². The van der Waals surface area contributed by atoms with Gasteiger partial charge in [-0.15, -0.1) is 0 Å². The van der Waals surface area contributed by atoms with Crippen LogP contribution in [0.4, 0.5) is 0 Å². The number of hydrogen-bond donors (Lipinski definition) is 0. The van der Waals surface area contributed by atoms with E-state index in [-0.39, 0.29) is 17.6 Å². The molecule has 0 bridgehead atoms. The Morgan fingerprint density at radius 3 is 2.64 bits per heavy atom. The second-order valence-corrected chi connectivity index (χ2v) is 5.27. The van der Waals surface area contributed by atoms with Gasteiger partial charge in [-0.05, 0) is 39.5 Å². The monoisotopic (exact) mass is 196 g/mol. The van der Waals surface area contributed by atoms with Crippen molar-refractivity contribution in [2.45, 2.75) is 64.1 Å². The van der Waals surface area contributed by atoms with Gasteiger partial charge >= 0.3 is 0 Å². The Morgan fingerprint density at radius 2 is 2.07 bits per heavy atom. The lowest BCUT2D eigenvalue weighted by atomic mass is 9.83. The molecule has 0 radical (unpaired) electrons. The highest BCUT2D eigenvalue weighted by molar-refractivity contribution is 5.82. The lowest BCUT2D eigenvalue weighted by Gasteiger charge is -2.27. The van der Waals surface area contributed by atoms with Crippen molar-refractivity contribution in [3.05, 3.63) is 0 Å². The van der Waals surface area contributed by atoms with Crippen LogP contribution >= 0.6 is 0 Å². The lowest BCUT2D eigenvalue weighted by Crippen LogP contribution is -2.32. The minimum Gasteiger partial charge on any atom is -0.372 e. The Morgan fingerprint density at radius 1 is 1.29 bits per heavy atom. The molecule has 2 atom stereocenters. The van der Waals surface area contributed by atoms with E-state index in [4.69, 9.17) is 4.74 Å². The first-order valence-corrected chi connectivity index (χ1v) is 5.79. The van der Waals surface area contributed by atoms with Crippen molar-refractivity contribution >= 4 is 5.78 Å². The van der Waals surface area contributed by atoms with Crippen LogP contribution in [-0.2, 0) is 9.53 Å². The molecule has 2 fully saturated rings. The summed E-state index contributed by atoms with van der Waals surface area (Å²) in [5, 5.41) is 0. The standard InChI is InChI=1S/C12H20O2/c1-12(2)8-7-11(14-12)9-5-3-4-6-10(9)13/h9,11H,3-8H2,1-2H3/t9-,11+/m1/s1. The molecule has 0 spiro atoms. The maximum Gasteiger partial charge on any atom is 0.138 e. The van der Waals surface area contributed by atoms with Crippen LogP contribution in [0, 0.1) is 5.92 Å². The van der Waals surface area contributed by atoms with Crippen molar-refractivity contribution in [1.82, 2.24) is 0 Å². The fraction of sp³-hybridized carbons (Fsp3) is 0.917. The second-order valence-electron chi connectivity index (χ2n) is 5.27. The third kappa shape index (κ3) is 2.00. The summed E-state index contributed by atoms with van der Waals surface area (Å²) >= 11 is 0. The van der Waals surface area contributed by atoms with Gasteiger partial charge in [0.25, 0.3) is 0 Å². The van der Waals surface area contributed by atoms with E-state index in [1.165, 1.54) is 6.42 Å². The van der Waals surface area contributed by atoms with Crippen LogP contribution in [0.2, 0.25) is 0 Å². The normalized spacial score (nSPS) is 37.4. The van der Waals surface area contributed by atoms with E-state index in [1.54, 1.807) is 0 Å². The summed E-state index contributed by atoms with van der Waals surface area (Å²) in [7, 11) is 0. The average Bonchev–Trinajstić information content (AvgIpc) is 2.47. The number of carbonyl (C=O) groups excluding carboxylic acids is 1. The quantitative estimate of drug-likeness (QED) is 0.644. The predicted molar refractivity (Wildman–Crippen MR) is 55.2 cm³/mol. The fourth-order valence-corrected chi connectivity index (χ4v) is 2.70.